The lowest BCUT2D eigenvalue weighted by molar-refractivity contribution is -0.162. The molecule has 2 unspecified atom stereocenters. The van der Waals surface area contributed by atoms with Crippen molar-refractivity contribution in [2.45, 2.75) is 56.3 Å². The molecule has 118 valence electrons. The van der Waals surface area contributed by atoms with Crippen LogP contribution in [0.5, 0.6) is 11.5 Å². The van der Waals surface area contributed by atoms with Crippen molar-refractivity contribution in [2.24, 2.45) is 0 Å². The van der Waals surface area contributed by atoms with E-state index in [2.05, 4.69) is 5.32 Å². The van der Waals surface area contributed by atoms with Gasteiger partial charge in [0.15, 0.2) is 23.4 Å². The first-order valence-corrected chi connectivity index (χ1v) is 7.90. The number of piperidine rings is 1. The third-order valence-corrected chi connectivity index (χ3v) is 5.98. The van der Waals surface area contributed by atoms with Gasteiger partial charge in [0.2, 0.25) is 0 Å². The van der Waals surface area contributed by atoms with Crippen molar-refractivity contribution in [3.05, 3.63) is 23.3 Å². The van der Waals surface area contributed by atoms with Gasteiger partial charge in [-0.2, -0.15) is 0 Å². The Balaban J connectivity index is 2.04. The van der Waals surface area contributed by atoms with Crippen LogP contribution in [0.4, 0.5) is 0 Å². The van der Waals surface area contributed by atoms with Crippen LogP contribution in [0.3, 0.4) is 0 Å². The van der Waals surface area contributed by atoms with Gasteiger partial charge in [0, 0.05) is 18.0 Å². The number of hydrogen-bond acceptors (Lipinski definition) is 5. The molecule has 0 aromatic heterocycles. The Morgan fingerprint density at radius 2 is 2.14 bits per heavy atom. The first-order chi connectivity index (χ1) is 10.4. The molecule has 22 heavy (non-hydrogen) atoms. The molecular formula is C17H21NO4. The highest BCUT2D eigenvalue weighted by Crippen LogP contribution is 2.60. The third kappa shape index (κ3) is 1.39. The second-order valence-corrected chi connectivity index (χ2v) is 6.89. The van der Waals surface area contributed by atoms with E-state index in [0.717, 1.165) is 11.1 Å². The lowest BCUT2D eigenvalue weighted by Crippen LogP contribution is -2.73. The van der Waals surface area contributed by atoms with E-state index in [1.54, 1.807) is 6.07 Å². The summed E-state index contributed by atoms with van der Waals surface area (Å²) in [4.78, 5) is 12.5. The molecule has 3 aliphatic rings. The second kappa shape index (κ2) is 4.24. The van der Waals surface area contributed by atoms with Crippen LogP contribution >= 0.6 is 0 Å². The van der Waals surface area contributed by atoms with Crippen LogP contribution in [0, 0.1) is 6.92 Å². The molecule has 1 aliphatic carbocycles. The summed E-state index contributed by atoms with van der Waals surface area (Å²) in [5.41, 5.74) is -0.0300. The molecule has 2 aliphatic heterocycles. The summed E-state index contributed by atoms with van der Waals surface area (Å²) >= 11 is 0. The summed E-state index contributed by atoms with van der Waals surface area (Å²) in [6, 6.07) is 3.30. The largest absolute Gasteiger partial charge is 0.504 e. The summed E-state index contributed by atoms with van der Waals surface area (Å²) in [5, 5.41) is 25.0. The van der Waals surface area contributed by atoms with Crippen molar-refractivity contribution < 1.29 is 19.7 Å². The van der Waals surface area contributed by atoms with Gasteiger partial charge in [-0.15, -0.1) is 0 Å². The Labute approximate surface area is 129 Å². The molecule has 0 radical (unpaired) electrons. The van der Waals surface area contributed by atoms with E-state index < -0.39 is 17.1 Å². The average molecular weight is 303 g/mol. The SMILES string of the molecule is Cc1ccc(O)c2c1[C@]13CCNC(C)[C@]1(O)CCC(=O)C3O2. The van der Waals surface area contributed by atoms with Crippen LogP contribution in [0.25, 0.3) is 0 Å². The topological polar surface area (TPSA) is 78.8 Å². The zero-order valence-electron chi connectivity index (χ0n) is 12.8. The van der Waals surface area contributed by atoms with Gasteiger partial charge in [0.05, 0.1) is 11.0 Å². The highest BCUT2D eigenvalue weighted by atomic mass is 16.5. The molecule has 3 N–H and O–H groups in total. The number of benzene rings is 1. The first-order valence-electron chi connectivity index (χ1n) is 7.90. The fourth-order valence-electron chi connectivity index (χ4n) is 4.88. The number of phenolic OH excluding ortho intramolecular Hbond substituents is 1. The maximum atomic E-state index is 12.5. The zero-order chi connectivity index (χ0) is 15.7. The van der Waals surface area contributed by atoms with E-state index in [1.807, 2.05) is 19.9 Å². The molecule has 1 saturated carbocycles. The molecule has 4 rings (SSSR count). The predicted octanol–water partition coefficient (Wildman–Crippen LogP) is 1.18. The van der Waals surface area contributed by atoms with Crippen molar-refractivity contribution in [1.29, 1.82) is 0 Å². The number of aliphatic hydroxyl groups is 1. The summed E-state index contributed by atoms with van der Waals surface area (Å²) in [6.45, 7) is 4.63. The van der Waals surface area contributed by atoms with Gasteiger partial charge in [0.25, 0.3) is 0 Å². The first kappa shape index (κ1) is 14.0. The maximum Gasteiger partial charge on any atom is 0.174 e. The number of Topliss-reactive ketones (excluding diaryl/α,β-unsaturated/α-hetero) is 1. The van der Waals surface area contributed by atoms with Crippen LogP contribution in [-0.4, -0.2) is 40.3 Å². The minimum absolute atomic E-state index is 0.0220. The normalized spacial score (nSPS) is 39.7. The average Bonchev–Trinajstić information content (AvgIpc) is 2.85. The van der Waals surface area contributed by atoms with E-state index in [1.165, 1.54) is 0 Å². The summed E-state index contributed by atoms with van der Waals surface area (Å²) in [6.07, 6.45) is 0.663. The minimum Gasteiger partial charge on any atom is -0.504 e. The number of nitrogens with one attached hydrogen (secondary N) is 1. The smallest absolute Gasteiger partial charge is 0.174 e. The molecule has 1 aromatic rings. The number of rotatable bonds is 0. The quantitative estimate of drug-likeness (QED) is 0.671. The molecule has 1 spiro atoms. The van der Waals surface area contributed by atoms with E-state index >= 15 is 0 Å². The van der Waals surface area contributed by atoms with Gasteiger partial charge in [-0.25, -0.2) is 0 Å². The van der Waals surface area contributed by atoms with Crippen molar-refractivity contribution in [3.63, 3.8) is 0 Å². The monoisotopic (exact) mass is 303 g/mol. The number of aryl methyl sites for hydroxylation is 1. The summed E-state index contributed by atoms with van der Waals surface area (Å²) in [7, 11) is 0. The van der Waals surface area contributed by atoms with E-state index in [9.17, 15) is 15.0 Å². The summed E-state index contributed by atoms with van der Waals surface area (Å²) in [5.74, 6) is 0.451. The lowest BCUT2D eigenvalue weighted by atomic mass is 9.53. The Hall–Kier alpha value is -1.59. The highest BCUT2D eigenvalue weighted by molar-refractivity contribution is 5.89. The van der Waals surface area contributed by atoms with Gasteiger partial charge in [0.1, 0.15) is 0 Å². The van der Waals surface area contributed by atoms with Crippen molar-refractivity contribution in [3.8, 4) is 11.5 Å². The van der Waals surface area contributed by atoms with Crippen LogP contribution in [0.15, 0.2) is 12.1 Å². The molecule has 5 nitrogen and oxygen atoms in total. The van der Waals surface area contributed by atoms with Gasteiger partial charge >= 0.3 is 0 Å². The van der Waals surface area contributed by atoms with Crippen molar-refractivity contribution in [2.75, 3.05) is 6.54 Å². The predicted molar refractivity (Wildman–Crippen MR) is 80.2 cm³/mol. The standard InChI is InChI=1S/C17H21NO4/c1-9-3-4-11(19)14-13(9)16-7-8-18-10(2)17(16,21)6-5-12(20)15(16)22-14/h3-4,10,15,18-19,21H,5-8H2,1-2H3/t10?,15?,16-,17+/m0/s1. The van der Waals surface area contributed by atoms with Crippen LogP contribution in [-0.2, 0) is 10.2 Å². The molecule has 1 aromatic carbocycles. The maximum absolute atomic E-state index is 12.5. The number of carbonyl (C=O) groups excluding carboxylic acids is 1. The number of hydrogen-bond donors (Lipinski definition) is 3. The van der Waals surface area contributed by atoms with E-state index in [-0.39, 0.29) is 17.6 Å². The Morgan fingerprint density at radius 1 is 1.36 bits per heavy atom. The second-order valence-electron chi connectivity index (χ2n) is 6.89. The molecule has 0 bridgehead atoms. The molecule has 2 fully saturated rings. The van der Waals surface area contributed by atoms with Crippen LogP contribution in [0.1, 0.15) is 37.3 Å². The van der Waals surface area contributed by atoms with Gasteiger partial charge < -0.3 is 20.3 Å². The van der Waals surface area contributed by atoms with E-state index in [4.69, 9.17) is 4.74 Å². The Morgan fingerprint density at radius 3 is 2.91 bits per heavy atom. The number of ketones is 1. The number of aromatic hydroxyl groups is 1. The molecule has 0 amide bonds. The fourth-order valence-corrected chi connectivity index (χ4v) is 4.88. The third-order valence-electron chi connectivity index (χ3n) is 5.98. The molecule has 1 saturated heterocycles. The highest BCUT2D eigenvalue weighted by Gasteiger charge is 2.69. The molecule has 2 heterocycles. The van der Waals surface area contributed by atoms with Crippen molar-refractivity contribution in [1.82, 2.24) is 5.32 Å². The minimum atomic E-state index is -1.05. The van der Waals surface area contributed by atoms with Crippen LogP contribution < -0.4 is 10.1 Å². The lowest BCUT2D eigenvalue weighted by Gasteiger charge is -2.56. The molecule has 4 atom stereocenters. The van der Waals surface area contributed by atoms with Gasteiger partial charge in [-0.05, 0) is 44.9 Å². The molecular weight excluding hydrogens is 282 g/mol. The zero-order valence-corrected chi connectivity index (χ0v) is 12.8. The number of fused-ring (bicyclic) bond motifs is 1. The molecule has 5 heteroatoms. The Bertz CT molecular complexity index is 673. The Kier molecular flexibility index (Phi) is 2.70. The van der Waals surface area contributed by atoms with Crippen LogP contribution in [0.2, 0.25) is 0 Å². The number of ether oxygens (including phenoxy) is 1. The summed E-state index contributed by atoms with van der Waals surface area (Å²) < 4.78 is 5.92. The van der Waals surface area contributed by atoms with Gasteiger partial charge in [-0.3, -0.25) is 4.79 Å². The fraction of sp³-hybridized carbons (Fsp3) is 0.588. The van der Waals surface area contributed by atoms with E-state index in [0.29, 0.717) is 31.6 Å². The number of phenols is 1. The van der Waals surface area contributed by atoms with Crippen molar-refractivity contribution >= 4 is 5.78 Å². The number of carbonyl (C=O) groups is 1. The van der Waals surface area contributed by atoms with Gasteiger partial charge in [-0.1, -0.05) is 6.07 Å².